The van der Waals surface area contributed by atoms with Gasteiger partial charge in [0.1, 0.15) is 0 Å². The number of aryl methyl sites for hydroxylation is 1. The minimum absolute atomic E-state index is 0.0247. The Morgan fingerprint density at radius 2 is 1.88 bits per heavy atom. The van der Waals surface area contributed by atoms with Crippen molar-refractivity contribution >= 4 is 55.2 Å². The van der Waals surface area contributed by atoms with Crippen LogP contribution in [0, 0.1) is 30.1 Å². The summed E-state index contributed by atoms with van der Waals surface area (Å²) in [5.41, 5.74) is 6.54. The summed E-state index contributed by atoms with van der Waals surface area (Å²) < 4.78 is 30.2. The first kappa shape index (κ1) is 24.3. The number of nitrogens with two attached hydrogens (primary N) is 1. The number of primary amides is 1. The van der Waals surface area contributed by atoms with E-state index >= 15 is 0 Å². The molecule has 1 aliphatic heterocycles. The molecule has 4 saturated carbocycles. The lowest BCUT2D eigenvalue weighted by Crippen LogP contribution is -2.63. The molecule has 0 spiro atoms. The molecule has 1 heterocycles. The van der Waals surface area contributed by atoms with Crippen LogP contribution >= 0.6 is 27.5 Å². The largest absolute Gasteiger partial charge is 0.369 e. The van der Waals surface area contributed by atoms with Gasteiger partial charge < -0.3 is 11.1 Å². The number of carbonyl (C=O) groups is 2. The monoisotopic (exact) mass is 572 g/mol. The van der Waals surface area contributed by atoms with Gasteiger partial charge in [-0.2, -0.15) is 12.7 Å². The molecule has 1 aromatic carbocycles. The van der Waals surface area contributed by atoms with Crippen molar-refractivity contribution in [1.29, 1.82) is 0 Å². The molecule has 3 N–H and O–H groups in total. The van der Waals surface area contributed by atoms with Crippen LogP contribution in [-0.2, 0) is 19.8 Å². The lowest BCUT2D eigenvalue weighted by atomic mass is 9.47. The fraction of sp³-hybridized carbons (Fsp3) is 0.652. The van der Waals surface area contributed by atoms with E-state index in [1.54, 1.807) is 6.07 Å². The van der Waals surface area contributed by atoms with Crippen LogP contribution in [0.4, 0.5) is 5.69 Å². The Labute approximate surface area is 213 Å². The average Bonchev–Trinajstić information content (AvgIpc) is 2.72. The van der Waals surface area contributed by atoms with Gasteiger partial charge >= 0.3 is 10.2 Å². The van der Waals surface area contributed by atoms with Gasteiger partial charge in [-0.05, 0) is 80.9 Å². The molecule has 2 atom stereocenters. The predicted octanol–water partition coefficient (Wildman–Crippen LogP) is 2.96. The molecule has 5 aliphatic rings. The van der Waals surface area contributed by atoms with Crippen LogP contribution in [-0.4, -0.2) is 50.2 Å². The molecule has 4 bridgehead atoms. The number of hydrogen-bond donors (Lipinski definition) is 2. The van der Waals surface area contributed by atoms with E-state index in [9.17, 15) is 18.0 Å². The molecule has 11 heteroatoms. The van der Waals surface area contributed by atoms with Crippen LogP contribution in [0.25, 0.3) is 0 Å². The predicted molar refractivity (Wildman–Crippen MR) is 133 cm³/mol. The first-order chi connectivity index (χ1) is 16.0. The highest BCUT2D eigenvalue weighted by Crippen LogP contribution is 2.59. The molecule has 1 saturated heterocycles. The summed E-state index contributed by atoms with van der Waals surface area (Å²) in [6, 6.07) is 3.48. The fourth-order valence-corrected chi connectivity index (χ4v) is 9.99. The lowest BCUT2D eigenvalue weighted by molar-refractivity contribution is -0.147. The van der Waals surface area contributed by atoms with Crippen molar-refractivity contribution in [3.63, 3.8) is 0 Å². The van der Waals surface area contributed by atoms with Crippen molar-refractivity contribution in [1.82, 2.24) is 9.62 Å². The molecule has 2 amide bonds. The first-order valence-corrected chi connectivity index (χ1v) is 14.4. The third kappa shape index (κ3) is 4.04. The molecule has 5 fully saturated rings. The smallest absolute Gasteiger partial charge is 0.304 e. The maximum Gasteiger partial charge on any atom is 0.304 e. The molecule has 1 aromatic rings. The number of hydrogen-bond acceptors (Lipinski definition) is 4. The van der Waals surface area contributed by atoms with Crippen molar-refractivity contribution in [2.45, 2.75) is 51.5 Å². The molecule has 8 nitrogen and oxygen atoms in total. The van der Waals surface area contributed by atoms with E-state index < -0.39 is 15.6 Å². The van der Waals surface area contributed by atoms with E-state index in [2.05, 4.69) is 21.2 Å². The molecular weight excluding hydrogens is 544 g/mol. The Balaban J connectivity index is 1.30. The summed E-state index contributed by atoms with van der Waals surface area (Å²) in [5, 5.41) is 3.49. The molecule has 2 unspecified atom stereocenters. The summed E-state index contributed by atoms with van der Waals surface area (Å²) in [5.74, 6) is 0.434. The number of halogens is 2. The van der Waals surface area contributed by atoms with E-state index in [4.69, 9.17) is 17.3 Å². The third-order valence-electron chi connectivity index (χ3n) is 8.29. The van der Waals surface area contributed by atoms with Crippen LogP contribution in [0.5, 0.6) is 0 Å². The summed E-state index contributed by atoms with van der Waals surface area (Å²) in [4.78, 5) is 25.2. The maximum atomic E-state index is 13.4. The summed E-state index contributed by atoms with van der Waals surface area (Å²) in [7, 11) is -3.91. The maximum absolute atomic E-state index is 13.4. The van der Waals surface area contributed by atoms with Gasteiger partial charge in [-0.3, -0.25) is 13.9 Å². The molecule has 186 valence electrons. The number of nitrogens with one attached hydrogen (secondary N) is 1. The van der Waals surface area contributed by atoms with Crippen LogP contribution in [0.15, 0.2) is 16.6 Å². The van der Waals surface area contributed by atoms with Gasteiger partial charge in [0.25, 0.3) is 0 Å². The SMILES string of the molecule is Cc1cc(Br)cc(Cl)c1N1CCCN(CC(=O)NC2C3CC4CC2CC(C(N)=O)(C4)C3)S1(=O)=O. The Hall–Kier alpha value is -1.36. The topological polar surface area (TPSA) is 113 Å². The zero-order valence-corrected chi connectivity index (χ0v) is 22.3. The van der Waals surface area contributed by atoms with Crippen molar-refractivity contribution in [3.8, 4) is 0 Å². The Kier molecular flexibility index (Phi) is 6.18. The Morgan fingerprint density at radius 1 is 1.21 bits per heavy atom. The molecule has 4 aliphatic carbocycles. The molecule has 0 aromatic heterocycles. The number of nitrogens with zero attached hydrogens (tertiary/aromatic N) is 2. The van der Waals surface area contributed by atoms with Crippen molar-refractivity contribution in [2.75, 3.05) is 23.9 Å². The lowest BCUT2D eigenvalue weighted by Gasteiger charge is -2.58. The minimum Gasteiger partial charge on any atom is -0.369 e. The average molecular weight is 574 g/mol. The van der Waals surface area contributed by atoms with Crippen LogP contribution in [0.1, 0.15) is 44.1 Å². The van der Waals surface area contributed by atoms with Crippen molar-refractivity contribution < 1.29 is 18.0 Å². The highest BCUT2D eigenvalue weighted by atomic mass is 79.9. The van der Waals surface area contributed by atoms with Gasteiger partial charge in [-0.25, -0.2) is 0 Å². The number of rotatable bonds is 5. The highest BCUT2D eigenvalue weighted by molar-refractivity contribution is 9.10. The normalized spacial score (nSPS) is 34.3. The molecule has 0 radical (unpaired) electrons. The van der Waals surface area contributed by atoms with E-state index in [0.717, 1.165) is 42.1 Å². The first-order valence-electron chi connectivity index (χ1n) is 11.8. The fourth-order valence-electron chi connectivity index (χ4n) is 7.11. The number of benzene rings is 1. The molecule has 34 heavy (non-hydrogen) atoms. The van der Waals surface area contributed by atoms with E-state index in [-0.39, 0.29) is 42.8 Å². The zero-order chi connectivity index (χ0) is 24.4. The van der Waals surface area contributed by atoms with Crippen molar-refractivity contribution in [2.24, 2.45) is 28.9 Å². The minimum atomic E-state index is -3.91. The number of carbonyl (C=O) groups excluding carboxylic acids is 2. The van der Waals surface area contributed by atoms with E-state index in [0.29, 0.717) is 29.6 Å². The second-order valence-corrected chi connectivity index (χ2v) is 13.7. The number of amides is 2. The Bertz CT molecular complexity index is 1110. The summed E-state index contributed by atoms with van der Waals surface area (Å²) >= 11 is 9.80. The summed E-state index contributed by atoms with van der Waals surface area (Å²) in [6.45, 7) is 2.18. The van der Waals surface area contributed by atoms with Crippen LogP contribution < -0.4 is 15.4 Å². The van der Waals surface area contributed by atoms with Crippen molar-refractivity contribution in [3.05, 3.63) is 27.2 Å². The van der Waals surface area contributed by atoms with Gasteiger partial charge in [0.15, 0.2) is 0 Å². The zero-order valence-electron chi connectivity index (χ0n) is 19.1. The van der Waals surface area contributed by atoms with E-state index in [1.807, 2.05) is 13.0 Å². The highest BCUT2D eigenvalue weighted by Gasteiger charge is 2.58. The molecule has 6 rings (SSSR count). The second-order valence-electron chi connectivity index (χ2n) is 10.5. The van der Waals surface area contributed by atoms with Gasteiger partial charge in [0, 0.05) is 29.0 Å². The summed E-state index contributed by atoms with van der Waals surface area (Å²) in [6.07, 6.45) is 4.89. The van der Waals surface area contributed by atoms with E-state index in [1.165, 1.54) is 8.61 Å². The second kappa shape index (κ2) is 8.64. The number of anilines is 1. The standard InChI is InChI=1S/C23H30BrClN4O4S/c1-13-5-17(24)8-18(25)21(13)29-4-2-3-28(34(29,32)33)12-19(30)27-20-15-6-14-7-16(20)11-23(9-14,10-15)22(26)31/h5,8,14-16,20H,2-4,6-7,9-12H2,1H3,(H2,26,31)(H,27,30). The van der Waals surface area contributed by atoms with Crippen LogP contribution in [0.3, 0.4) is 0 Å². The quantitative estimate of drug-likeness (QED) is 0.564. The van der Waals surface area contributed by atoms with Gasteiger partial charge in [-0.1, -0.05) is 27.5 Å². The Morgan fingerprint density at radius 3 is 2.50 bits per heavy atom. The molecular formula is C23H30BrClN4O4S. The third-order valence-corrected chi connectivity index (χ3v) is 10.9. The van der Waals surface area contributed by atoms with Gasteiger partial charge in [0.2, 0.25) is 11.8 Å². The van der Waals surface area contributed by atoms with Crippen LogP contribution in [0.2, 0.25) is 5.02 Å². The van der Waals surface area contributed by atoms with Gasteiger partial charge in [-0.15, -0.1) is 0 Å². The van der Waals surface area contributed by atoms with Gasteiger partial charge in [0.05, 0.1) is 17.3 Å².